The van der Waals surface area contributed by atoms with Crippen molar-refractivity contribution in [2.75, 3.05) is 19.3 Å². The second-order valence-electron chi connectivity index (χ2n) is 5.43. The van der Waals surface area contributed by atoms with Gasteiger partial charge in [-0.05, 0) is 63.0 Å². The Hall–Kier alpha value is -1.48. The van der Waals surface area contributed by atoms with Crippen LogP contribution in [0.2, 0.25) is 0 Å². The fourth-order valence-corrected chi connectivity index (χ4v) is 3.07. The minimum atomic E-state index is 0.760. The Bertz CT molecular complexity index is 544. The molecule has 0 unspecified atom stereocenters. The number of nitrogens with two attached hydrogens (primary N) is 1. The van der Waals surface area contributed by atoms with Gasteiger partial charge in [-0.3, -0.25) is 0 Å². The zero-order valence-electron chi connectivity index (χ0n) is 10.9. The SMILES string of the molecule is CN1CCC[C@H]1CCc1c[nH]c2ccc(N)cc12. The Kier molecular flexibility index (Phi) is 3.00. The Balaban J connectivity index is 1.76. The summed E-state index contributed by atoms with van der Waals surface area (Å²) in [5.74, 6) is 0. The fourth-order valence-electron chi connectivity index (χ4n) is 3.07. The van der Waals surface area contributed by atoms with Crippen molar-refractivity contribution in [2.24, 2.45) is 0 Å². The molecule has 0 radical (unpaired) electrons. The molecular weight excluding hydrogens is 222 g/mol. The van der Waals surface area contributed by atoms with Crippen LogP contribution in [0.4, 0.5) is 5.69 Å². The fraction of sp³-hybridized carbons (Fsp3) is 0.467. The summed E-state index contributed by atoms with van der Waals surface area (Å²) in [6.45, 7) is 1.26. The molecule has 1 atom stereocenters. The number of aromatic nitrogens is 1. The number of hydrogen-bond donors (Lipinski definition) is 2. The van der Waals surface area contributed by atoms with E-state index in [9.17, 15) is 0 Å². The van der Waals surface area contributed by atoms with Crippen molar-refractivity contribution in [3.8, 4) is 0 Å². The number of anilines is 1. The molecule has 0 spiro atoms. The van der Waals surface area contributed by atoms with Gasteiger partial charge in [0.1, 0.15) is 0 Å². The van der Waals surface area contributed by atoms with Crippen LogP contribution in [0.1, 0.15) is 24.8 Å². The van der Waals surface area contributed by atoms with E-state index in [1.54, 1.807) is 0 Å². The standard InChI is InChI=1S/C15H21N3/c1-18-8-2-3-13(18)6-4-11-10-17-15-7-5-12(16)9-14(11)15/h5,7,9-10,13,17H,2-4,6,8,16H2,1H3/t13-/m0/s1. The topological polar surface area (TPSA) is 45.0 Å². The van der Waals surface area contributed by atoms with E-state index in [2.05, 4.69) is 35.3 Å². The number of rotatable bonds is 3. The van der Waals surface area contributed by atoms with Crippen molar-refractivity contribution >= 4 is 16.6 Å². The van der Waals surface area contributed by atoms with E-state index >= 15 is 0 Å². The van der Waals surface area contributed by atoms with Crippen molar-refractivity contribution in [1.29, 1.82) is 0 Å². The summed E-state index contributed by atoms with van der Waals surface area (Å²) >= 11 is 0. The number of hydrogen-bond acceptors (Lipinski definition) is 2. The van der Waals surface area contributed by atoms with Crippen LogP contribution < -0.4 is 5.73 Å². The number of fused-ring (bicyclic) bond motifs is 1. The maximum Gasteiger partial charge on any atom is 0.0458 e. The lowest BCUT2D eigenvalue weighted by Crippen LogP contribution is -2.25. The molecule has 1 aliphatic heterocycles. The molecule has 2 heterocycles. The number of aromatic amines is 1. The van der Waals surface area contributed by atoms with Crippen LogP contribution in [0.25, 0.3) is 10.9 Å². The molecule has 2 aromatic rings. The van der Waals surface area contributed by atoms with Gasteiger partial charge in [-0.25, -0.2) is 0 Å². The number of H-pyrrole nitrogens is 1. The van der Waals surface area contributed by atoms with Gasteiger partial charge < -0.3 is 15.6 Å². The lowest BCUT2D eigenvalue weighted by Gasteiger charge is -2.18. The maximum atomic E-state index is 5.87. The highest BCUT2D eigenvalue weighted by Gasteiger charge is 2.20. The monoisotopic (exact) mass is 243 g/mol. The van der Waals surface area contributed by atoms with E-state index in [0.29, 0.717) is 0 Å². The maximum absolute atomic E-state index is 5.87. The average Bonchev–Trinajstić information content (AvgIpc) is 2.93. The van der Waals surface area contributed by atoms with E-state index < -0.39 is 0 Å². The largest absolute Gasteiger partial charge is 0.399 e. The van der Waals surface area contributed by atoms with Crippen LogP contribution in [0.5, 0.6) is 0 Å². The molecule has 1 saturated heterocycles. The smallest absolute Gasteiger partial charge is 0.0458 e. The molecule has 1 fully saturated rings. The van der Waals surface area contributed by atoms with Gasteiger partial charge in [0.25, 0.3) is 0 Å². The Morgan fingerprint density at radius 1 is 1.44 bits per heavy atom. The highest BCUT2D eigenvalue weighted by molar-refractivity contribution is 5.86. The molecule has 18 heavy (non-hydrogen) atoms. The first-order chi connectivity index (χ1) is 8.74. The third-order valence-corrected chi connectivity index (χ3v) is 4.21. The molecule has 0 amide bonds. The lowest BCUT2D eigenvalue weighted by molar-refractivity contribution is 0.297. The molecule has 0 bridgehead atoms. The van der Waals surface area contributed by atoms with Crippen molar-refractivity contribution < 1.29 is 0 Å². The molecule has 1 aromatic carbocycles. The van der Waals surface area contributed by atoms with Crippen molar-refractivity contribution in [3.63, 3.8) is 0 Å². The van der Waals surface area contributed by atoms with Crippen LogP contribution in [-0.2, 0) is 6.42 Å². The number of benzene rings is 1. The zero-order valence-corrected chi connectivity index (χ0v) is 10.9. The summed E-state index contributed by atoms with van der Waals surface area (Å²) in [6.07, 6.45) is 7.22. The van der Waals surface area contributed by atoms with Crippen LogP contribution in [0.15, 0.2) is 24.4 Å². The second-order valence-corrected chi connectivity index (χ2v) is 5.43. The predicted molar refractivity (Wildman–Crippen MR) is 76.7 cm³/mol. The Morgan fingerprint density at radius 2 is 2.33 bits per heavy atom. The number of nitrogen functional groups attached to an aromatic ring is 1. The summed E-state index contributed by atoms with van der Waals surface area (Å²) in [4.78, 5) is 5.82. The van der Waals surface area contributed by atoms with Crippen LogP contribution in [-0.4, -0.2) is 29.5 Å². The lowest BCUT2D eigenvalue weighted by atomic mass is 10.0. The molecule has 3 rings (SSSR count). The molecule has 96 valence electrons. The van der Waals surface area contributed by atoms with Gasteiger partial charge in [-0.2, -0.15) is 0 Å². The Labute approximate surface area is 108 Å². The van der Waals surface area contributed by atoms with E-state index in [0.717, 1.165) is 18.2 Å². The van der Waals surface area contributed by atoms with Gasteiger partial charge in [-0.15, -0.1) is 0 Å². The minimum absolute atomic E-state index is 0.760. The molecule has 0 aliphatic carbocycles. The van der Waals surface area contributed by atoms with Crippen molar-refractivity contribution in [2.45, 2.75) is 31.7 Å². The molecule has 3 heteroatoms. The second kappa shape index (κ2) is 4.65. The van der Waals surface area contributed by atoms with Gasteiger partial charge in [0.05, 0.1) is 0 Å². The first kappa shape index (κ1) is 11.6. The molecule has 3 nitrogen and oxygen atoms in total. The molecule has 0 saturated carbocycles. The minimum Gasteiger partial charge on any atom is -0.399 e. The first-order valence-corrected chi connectivity index (χ1v) is 6.80. The molecule has 1 aromatic heterocycles. The van der Waals surface area contributed by atoms with Crippen molar-refractivity contribution in [1.82, 2.24) is 9.88 Å². The van der Waals surface area contributed by atoms with E-state index in [1.807, 2.05) is 6.07 Å². The van der Waals surface area contributed by atoms with E-state index in [4.69, 9.17) is 5.73 Å². The summed E-state index contributed by atoms with van der Waals surface area (Å²) in [7, 11) is 2.24. The third kappa shape index (κ3) is 2.10. The number of aryl methyl sites for hydroxylation is 1. The molecular formula is C15H21N3. The summed E-state index contributed by atoms with van der Waals surface area (Å²) in [6, 6.07) is 6.86. The Morgan fingerprint density at radius 3 is 3.11 bits per heavy atom. The number of nitrogens with zero attached hydrogens (tertiary/aromatic N) is 1. The van der Waals surface area contributed by atoms with Gasteiger partial charge in [-0.1, -0.05) is 0 Å². The first-order valence-electron chi connectivity index (χ1n) is 6.80. The van der Waals surface area contributed by atoms with Crippen molar-refractivity contribution in [3.05, 3.63) is 30.0 Å². The van der Waals surface area contributed by atoms with Crippen LogP contribution in [0, 0.1) is 0 Å². The van der Waals surface area contributed by atoms with Crippen LogP contribution in [0.3, 0.4) is 0 Å². The predicted octanol–water partition coefficient (Wildman–Crippen LogP) is 2.78. The highest BCUT2D eigenvalue weighted by Crippen LogP contribution is 2.25. The van der Waals surface area contributed by atoms with Gasteiger partial charge >= 0.3 is 0 Å². The molecule has 1 aliphatic rings. The normalized spacial score (nSPS) is 20.8. The van der Waals surface area contributed by atoms with Gasteiger partial charge in [0.15, 0.2) is 0 Å². The number of likely N-dealkylation sites (tertiary alicyclic amines) is 1. The molecule has 3 N–H and O–H groups in total. The number of nitrogens with one attached hydrogen (secondary N) is 1. The van der Waals surface area contributed by atoms with Gasteiger partial charge in [0, 0.05) is 28.8 Å². The highest BCUT2D eigenvalue weighted by atomic mass is 15.1. The summed E-state index contributed by atoms with van der Waals surface area (Å²) in [5.41, 5.74) is 9.31. The third-order valence-electron chi connectivity index (χ3n) is 4.21. The summed E-state index contributed by atoms with van der Waals surface area (Å²) < 4.78 is 0. The van der Waals surface area contributed by atoms with E-state index in [1.165, 1.54) is 42.3 Å². The zero-order chi connectivity index (χ0) is 12.5. The van der Waals surface area contributed by atoms with Gasteiger partial charge in [0.2, 0.25) is 0 Å². The average molecular weight is 243 g/mol. The van der Waals surface area contributed by atoms with Crippen LogP contribution >= 0.6 is 0 Å². The quantitative estimate of drug-likeness (QED) is 0.814. The van der Waals surface area contributed by atoms with E-state index in [-0.39, 0.29) is 0 Å². The summed E-state index contributed by atoms with van der Waals surface area (Å²) in [5, 5.41) is 1.29.